The molecule has 1 unspecified atom stereocenters. The molecule has 2 aromatic carbocycles. The molecule has 0 saturated carbocycles. The van der Waals surface area contributed by atoms with E-state index in [0.29, 0.717) is 12.5 Å². The van der Waals surface area contributed by atoms with Crippen molar-refractivity contribution in [2.24, 2.45) is 0 Å². The first-order chi connectivity index (χ1) is 12.7. The lowest BCUT2D eigenvalue weighted by atomic mass is 9.99. The van der Waals surface area contributed by atoms with Gasteiger partial charge in [0.05, 0.1) is 11.7 Å². The zero-order valence-electron chi connectivity index (χ0n) is 14.2. The fourth-order valence-electron chi connectivity index (χ4n) is 3.23. The summed E-state index contributed by atoms with van der Waals surface area (Å²) in [6.45, 7) is 0. The number of aryl methyl sites for hydroxylation is 1. The van der Waals surface area contributed by atoms with Gasteiger partial charge in [-0.2, -0.15) is 13.2 Å². The monoisotopic (exact) mass is 414 g/mol. The summed E-state index contributed by atoms with van der Waals surface area (Å²) in [7, 11) is 1.60. The van der Waals surface area contributed by atoms with Crippen LogP contribution in [0.1, 0.15) is 39.6 Å². The van der Waals surface area contributed by atoms with Crippen LogP contribution in [0, 0.1) is 0 Å². The van der Waals surface area contributed by atoms with Gasteiger partial charge in [0.25, 0.3) is 0 Å². The molecule has 7 heteroatoms. The van der Waals surface area contributed by atoms with Gasteiger partial charge in [-0.1, -0.05) is 35.3 Å². The third-order valence-corrected chi connectivity index (χ3v) is 4.93. The van der Waals surface area contributed by atoms with Gasteiger partial charge >= 0.3 is 6.18 Å². The number of methoxy groups -OCH3 is 1. The number of allylic oxidation sites excluding steroid dienone is 2. The van der Waals surface area contributed by atoms with Crippen LogP contribution >= 0.6 is 23.2 Å². The Labute approximate surface area is 164 Å². The molecule has 2 nitrogen and oxygen atoms in total. The zero-order valence-corrected chi connectivity index (χ0v) is 15.8. The highest BCUT2D eigenvalue weighted by Gasteiger charge is 2.36. The average molecular weight is 415 g/mol. The summed E-state index contributed by atoms with van der Waals surface area (Å²) >= 11 is 11.6. The molecular weight excluding hydrogens is 400 g/mol. The fourth-order valence-corrected chi connectivity index (χ4v) is 3.76. The Morgan fingerprint density at radius 1 is 1.11 bits per heavy atom. The number of rotatable bonds is 4. The van der Waals surface area contributed by atoms with Crippen molar-refractivity contribution in [2.45, 2.75) is 25.1 Å². The molecule has 0 radical (unpaired) electrons. The van der Waals surface area contributed by atoms with Crippen molar-refractivity contribution in [2.75, 3.05) is 7.11 Å². The Bertz CT molecular complexity index is 900. The van der Waals surface area contributed by atoms with Crippen LogP contribution in [0.2, 0.25) is 10.0 Å². The van der Waals surface area contributed by atoms with Gasteiger partial charge in [-0.3, -0.25) is 4.79 Å². The SMILES string of the molecule is COC1CCc2cc(C(=O)C=C(c3cc(Cl)cc(Cl)c3)C(F)(F)F)ccc21. The van der Waals surface area contributed by atoms with Crippen molar-refractivity contribution in [3.8, 4) is 0 Å². The Morgan fingerprint density at radius 3 is 2.37 bits per heavy atom. The van der Waals surface area contributed by atoms with Crippen LogP contribution in [-0.2, 0) is 11.2 Å². The quantitative estimate of drug-likeness (QED) is 0.424. The highest BCUT2D eigenvalue weighted by Crippen LogP contribution is 2.37. The zero-order chi connectivity index (χ0) is 19.8. The van der Waals surface area contributed by atoms with Crippen molar-refractivity contribution in [1.82, 2.24) is 0 Å². The van der Waals surface area contributed by atoms with Gasteiger partial charge in [0.1, 0.15) is 0 Å². The maximum Gasteiger partial charge on any atom is 0.417 e. The summed E-state index contributed by atoms with van der Waals surface area (Å²) in [6.07, 6.45) is -2.68. The molecule has 1 aliphatic carbocycles. The lowest BCUT2D eigenvalue weighted by Crippen LogP contribution is -2.13. The summed E-state index contributed by atoms with van der Waals surface area (Å²) in [5.41, 5.74) is 0.734. The number of alkyl halides is 3. The van der Waals surface area contributed by atoms with Crippen LogP contribution < -0.4 is 0 Å². The lowest BCUT2D eigenvalue weighted by Gasteiger charge is -2.13. The highest BCUT2D eigenvalue weighted by molar-refractivity contribution is 6.35. The number of carbonyl (C=O) groups excluding carboxylic acids is 1. The van der Waals surface area contributed by atoms with Gasteiger partial charge in [0.2, 0.25) is 0 Å². The summed E-state index contributed by atoms with van der Waals surface area (Å²) in [6, 6.07) is 8.48. The van der Waals surface area contributed by atoms with E-state index in [0.717, 1.165) is 29.7 Å². The van der Waals surface area contributed by atoms with E-state index in [-0.39, 0.29) is 27.3 Å². The van der Waals surface area contributed by atoms with E-state index in [1.807, 2.05) is 0 Å². The Kier molecular flexibility index (Phi) is 5.65. The first-order valence-electron chi connectivity index (χ1n) is 8.14. The van der Waals surface area contributed by atoms with Gasteiger partial charge in [-0.25, -0.2) is 0 Å². The first kappa shape index (κ1) is 19.9. The lowest BCUT2D eigenvalue weighted by molar-refractivity contribution is -0.0689. The van der Waals surface area contributed by atoms with E-state index in [1.54, 1.807) is 19.2 Å². The van der Waals surface area contributed by atoms with E-state index in [1.165, 1.54) is 12.1 Å². The number of ether oxygens (including phenoxy) is 1. The predicted molar refractivity (Wildman–Crippen MR) is 99.3 cm³/mol. The van der Waals surface area contributed by atoms with E-state index in [2.05, 4.69) is 0 Å². The smallest absolute Gasteiger partial charge is 0.377 e. The van der Waals surface area contributed by atoms with Crippen LogP contribution in [0.15, 0.2) is 42.5 Å². The molecule has 0 fully saturated rings. The molecule has 0 bridgehead atoms. The van der Waals surface area contributed by atoms with Crippen LogP contribution in [0.25, 0.3) is 5.57 Å². The number of hydrogen-bond acceptors (Lipinski definition) is 2. The second kappa shape index (κ2) is 7.66. The highest BCUT2D eigenvalue weighted by atomic mass is 35.5. The molecule has 142 valence electrons. The average Bonchev–Trinajstić information content (AvgIpc) is 2.99. The largest absolute Gasteiger partial charge is 0.417 e. The molecule has 3 rings (SSSR count). The molecule has 1 atom stereocenters. The Morgan fingerprint density at radius 2 is 1.78 bits per heavy atom. The van der Waals surface area contributed by atoms with Gasteiger partial charge in [-0.05, 0) is 59.9 Å². The van der Waals surface area contributed by atoms with Gasteiger partial charge < -0.3 is 4.74 Å². The fraction of sp³-hybridized carbons (Fsp3) is 0.250. The molecule has 0 spiro atoms. The summed E-state index contributed by atoms with van der Waals surface area (Å²) in [4.78, 5) is 12.5. The second-order valence-electron chi connectivity index (χ2n) is 6.25. The number of fused-ring (bicyclic) bond motifs is 1. The molecule has 0 saturated heterocycles. The standard InChI is InChI=1S/C20H15Cl2F3O2/c1-27-19-5-3-11-6-12(2-4-16(11)19)18(26)10-17(20(23,24)25)13-7-14(21)9-15(22)8-13/h2,4,6-10,19H,3,5H2,1H3. The molecule has 2 aromatic rings. The van der Waals surface area contributed by atoms with Crippen molar-refractivity contribution >= 4 is 34.6 Å². The van der Waals surface area contributed by atoms with Gasteiger partial charge in [0, 0.05) is 22.7 Å². The summed E-state index contributed by atoms with van der Waals surface area (Å²) in [5.74, 6) is -0.734. The number of carbonyl (C=O) groups is 1. The minimum atomic E-state index is -4.73. The first-order valence-corrected chi connectivity index (χ1v) is 8.90. The van der Waals surface area contributed by atoms with E-state index >= 15 is 0 Å². The number of ketones is 1. The van der Waals surface area contributed by atoms with Crippen LogP contribution in [-0.4, -0.2) is 19.1 Å². The molecule has 0 heterocycles. The van der Waals surface area contributed by atoms with Crippen LogP contribution in [0.4, 0.5) is 13.2 Å². The molecule has 0 N–H and O–H groups in total. The Balaban J connectivity index is 2.00. The van der Waals surface area contributed by atoms with E-state index < -0.39 is 17.5 Å². The third kappa shape index (κ3) is 4.37. The summed E-state index contributed by atoms with van der Waals surface area (Å²) in [5, 5.41) is 0.117. The van der Waals surface area contributed by atoms with E-state index in [4.69, 9.17) is 27.9 Å². The molecule has 0 aromatic heterocycles. The maximum atomic E-state index is 13.5. The Hall–Kier alpha value is -1.82. The van der Waals surface area contributed by atoms with Crippen LogP contribution in [0.3, 0.4) is 0 Å². The topological polar surface area (TPSA) is 26.3 Å². The second-order valence-corrected chi connectivity index (χ2v) is 7.13. The molecule has 27 heavy (non-hydrogen) atoms. The molecule has 0 amide bonds. The number of hydrogen-bond donors (Lipinski definition) is 0. The summed E-state index contributed by atoms with van der Waals surface area (Å²) < 4.78 is 46.0. The van der Waals surface area contributed by atoms with E-state index in [9.17, 15) is 18.0 Å². The van der Waals surface area contributed by atoms with Crippen molar-refractivity contribution < 1.29 is 22.7 Å². The molecule has 1 aliphatic rings. The maximum absolute atomic E-state index is 13.5. The molecule has 0 aliphatic heterocycles. The minimum absolute atomic E-state index is 0.0426. The number of halogens is 5. The van der Waals surface area contributed by atoms with Crippen molar-refractivity contribution in [1.29, 1.82) is 0 Å². The van der Waals surface area contributed by atoms with Gasteiger partial charge in [0.15, 0.2) is 5.78 Å². The predicted octanol–water partition coefficient (Wildman–Crippen LogP) is 6.46. The third-order valence-electron chi connectivity index (χ3n) is 4.49. The normalized spacial score (nSPS) is 17.1. The van der Waals surface area contributed by atoms with Gasteiger partial charge in [-0.15, -0.1) is 0 Å². The van der Waals surface area contributed by atoms with Crippen LogP contribution in [0.5, 0.6) is 0 Å². The number of benzene rings is 2. The van der Waals surface area contributed by atoms with Crippen molar-refractivity contribution in [3.63, 3.8) is 0 Å². The minimum Gasteiger partial charge on any atom is -0.377 e. The van der Waals surface area contributed by atoms with Crippen molar-refractivity contribution in [3.05, 3.63) is 74.8 Å². The molecular formula is C20H15Cl2F3O2.